The molecule has 0 spiro atoms. The van der Waals surface area contributed by atoms with Crippen LogP contribution in [0.5, 0.6) is 5.75 Å². The minimum atomic E-state index is -0.177. The van der Waals surface area contributed by atoms with Gasteiger partial charge in [0.2, 0.25) is 5.75 Å². The first-order chi connectivity index (χ1) is 10.2. The van der Waals surface area contributed by atoms with E-state index < -0.39 is 0 Å². The van der Waals surface area contributed by atoms with E-state index in [1.165, 1.54) is 0 Å². The van der Waals surface area contributed by atoms with Gasteiger partial charge in [0, 0.05) is 24.1 Å². The normalized spacial score (nSPS) is 10.9. The molecule has 0 bridgehead atoms. The molecule has 2 heterocycles. The number of aromatic nitrogens is 2. The number of hydrogen-bond acceptors (Lipinski definition) is 2. The van der Waals surface area contributed by atoms with E-state index in [9.17, 15) is 9.90 Å². The summed E-state index contributed by atoms with van der Waals surface area (Å²) in [5, 5.41) is 11.2. The van der Waals surface area contributed by atoms with Crippen LogP contribution in [0.1, 0.15) is 13.3 Å². The number of pyridine rings is 2. The lowest BCUT2D eigenvalue weighted by Gasteiger charge is -2.11. The van der Waals surface area contributed by atoms with Crippen molar-refractivity contribution in [1.29, 1.82) is 0 Å². The SMILES string of the molecule is CCCn1c(=O)c(-[n+]2ccccc2)c(O)c2ccccc21. The second-order valence-corrected chi connectivity index (χ2v) is 4.95. The Morgan fingerprint density at radius 1 is 1.10 bits per heavy atom. The largest absolute Gasteiger partial charge is 0.502 e. The molecule has 0 atom stereocenters. The summed E-state index contributed by atoms with van der Waals surface area (Å²) in [6, 6.07) is 13.0. The number of aromatic hydroxyl groups is 1. The summed E-state index contributed by atoms with van der Waals surface area (Å²) in [5.74, 6) is 0.0270. The molecule has 4 heteroatoms. The standard InChI is InChI=1S/C17H16N2O2/c1-2-10-19-14-9-5-4-8-13(14)16(20)15(17(19)21)18-11-6-3-7-12-18/h3-9,11-12H,2,10H2,1H3/p+1. The van der Waals surface area contributed by atoms with Gasteiger partial charge in [-0.1, -0.05) is 25.1 Å². The quantitative estimate of drug-likeness (QED) is 0.749. The second kappa shape index (κ2) is 5.40. The Bertz CT molecular complexity index is 839. The van der Waals surface area contributed by atoms with Crippen LogP contribution in [-0.4, -0.2) is 9.67 Å². The molecule has 2 aromatic heterocycles. The van der Waals surface area contributed by atoms with Crippen molar-refractivity contribution in [3.05, 3.63) is 65.2 Å². The van der Waals surface area contributed by atoms with Crippen LogP contribution in [0.15, 0.2) is 59.7 Å². The molecule has 4 nitrogen and oxygen atoms in total. The fraction of sp³-hybridized carbons (Fsp3) is 0.176. The second-order valence-electron chi connectivity index (χ2n) is 4.95. The molecule has 21 heavy (non-hydrogen) atoms. The smallest absolute Gasteiger partial charge is 0.327 e. The van der Waals surface area contributed by atoms with Crippen molar-refractivity contribution in [2.24, 2.45) is 0 Å². The summed E-state index contributed by atoms with van der Waals surface area (Å²) in [4.78, 5) is 12.8. The lowest BCUT2D eigenvalue weighted by molar-refractivity contribution is -0.597. The van der Waals surface area contributed by atoms with E-state index in [0.29, 0.717) is 17.6 Å². The zero-order valence-electron chi connectivity index (χ0n) is 11.9. The lowest BCUT2D eigenvalue weighted by Crippen LogP contribution is -2.39. The van der Waals surface area contributed by atoms with Crippen LogP contribution in [0, 0.1) is 0 Å². The molecule has 0 aliphatic heterocycles. The molecule has 0 unspecified atom stereocenters. The average molecular weight is 281 g/mol. The topological polar surface area (TPSA) is 46.1 Å². The van der Waals surface area contributed by atoms with Gasteiger partial charge in [0.05, 0.1) is 5.52 Å². The maximum absolute atomic E-state index is 12.8. The highest BCUT2D eigenvalue weighted by Crippen LogP contribution is 2.26. The highest BCUT2D eigenvalue weighted by molar-refractivity contribution is 5.87. The first-order valence-electron chi connectivity index (χ1n) is 7.05. The number of para-hydroxylation sites is 1. The number of nitrogens with zero attached hydrogens (tertiary/aromatic N) is 2. The first kappa shape index (κ1) is 13.4. The lowest BCUT2D eigenvalue weighted by atomic mass is 10.1. The van der Waals surface area contributed by atoms with Gasteiger partial charge >= 0.3 is 11.2 Å². The molecule has 0 amide bonds. The predicted molar refractivity (Wildman–Crippen MR) is 81.7 cm³/mol. The molecule has 0 saturated carbocycles. The number of hydrogen-bond donors (Lipinski definition) is 1. The average Bonchev–Trinajstić information content (AvgIpc) is 2.53. The van der Waals surface area contributed by atoms with E-state index in [1.807, 2.05) is 49.4 Å². The third-order valence-electron chi connectivity index (χ3n) is 3.54. The maximum Gasteiger partial charge on any atom is 0.327 e. The summed E-state index contributed by atoms with van der Waals surface area (Å²) >= 11 is 0. The Hall–Kier alpha value is -2.62. The van der Waals surface area contributed by atoms with Gasteiger partial charge < -0.3 is 9.67 Å². The Kier molecular flexibility index (Phi) is 3.44. The molecule has 0 radical (unpaired) electrons. The number of aryl methyl sites for hydroxylation is 1. The molecule has 0 aliphatic carbocycles. The third kappa shape index (κ3) is 2.18. The van der Waals surface area contributed by atoms with Gasteiger partial charge in [0.15, 0.2) is 12.4 Å². The molecule has 3 rings (SSSR count). The number of benzene rings is 1. The monoisotopic (exact) mass is 281 g/mol. The van der Waals surface area contributed by atoms with Crippen LogP contribution in [0.2, 0.25) is 0 Å². The Balaban J connectivity index is 2.43. The van der Waals surface area contributed by atoms with Gasteiger partial charge in [-0.05, 0) is 18.6 Å². The zero-order valence-corrected chi connectivity index (χ0v) is 11.9. The number of rotatable bonds is 3. The van der Waals surface area contributed by atoms with Gasteiger partial charge in [-0.2, -0.15) is 4.57 Å². The summed E-state index contributed by atoms with van der Waals surface area (Å²) in [6.45, 7) is 2.66. The summed E-state index contributed by atoms with van der Waals surface area (Å²) in [6.07, 6.45) is 4.39. The maximum atomic E-state index is 12.8. The summed E-state index contributed by atoms with van der Waals surface area (Å²) < 4.78 is 3.39. The van der Waals surface area contributed by atoms with Crippen LogP contribution in [0.4, 0.5) is 0 Å². The van der Waals surface area contributed by atoms with Crippen molar-refractivity contribution < 1.29 is 9.67 Å². The molecule has 106 valence electrons. The molecule has 3 aromatic rings. The van der Waals surface area contributed by atoms with E-state index in [0.717, 1.165) is 11.9 Å². The van der Waals surface area contributed by atoms with E-state index in [2.05, 4.69) is 0 Å². The fourth-order valence-electron chi connectivity index (χ4n) is 2.60. The molecular weight excluding hydrogens is 264 g/mol. The zero-order chi connectivity index (χ0) is 14.8. The highest BCUT2D eigenvalue weighted by atomic mass is 16.3. The van der Waals surface area contributed by atoms with E-state index >= 15 is 0 Å². The van der Waals surface area contributed by atoms with Crippen molar-refractivity contribution >= 4 is 10.9 Å². The van der Waals surface area contributed by atoms with E-state index in [4.69, 9.17) is 0 Å². The molecule has 0 aliphatic rings. The van der Waals surface area contributed by atoms with Crippen molar-refractivity contribution in [3.8, 4) is 11.4 Å². The van der Waals surface area contributed by atoms with Crippen LogP contribution in [0.25, 0.3) is 16.6 Å². The minimum absolute atomic E-state index is 0.0270. The molecule has 1 N–H and O–H groups in total. The molecule has 0 fully saturated rings. The van der Waals surface area contributed by atoms with Crippen LogP contribution in [0.3, 0.4) is 0 Å². The van der Waals surface area contributed by atoms with Crippen LogP contribution >= 0.6 is 0 Å². The third-order valence-corrected chi connectivity index (χ3v) is 3.54. The summed E-state index contributed by atoms with van der Waals surface area (Å²) in [5.41, 5.74) is 0.883. The van der Waals surface area contributed by atoms with Crippen molar-refractivity contribution in [3.63, 3.8) is 0 Å². The van der Waals surface area contributed by atoms with Gasteiger partial charge in [-0.15, -0.1) is 0 Å². The van der Waals surface area contributed by atoms with Crippen LogP contribution in [-0.2, 0) is 6.54 Å². The van der Waals surface area contributed by atoms with Crippen LogP contribution < -0.4 is 10.1 Å². The highest BCUT2D eigenvalue weighted by Gasteiger charge is 2.23. The fourth-order valence-corrected chi connectivity index (χ4v) is 2.60. The van der Waals surface area contributed by atoms with E-state index in [-0.39, 0.29) is 11.3 Å². The van der Waals surface area contributed by atoms with Crippen molar-refractivity contribution in [2.75, 3.05) is 0 Å². The minimum Gasteiger partial charge on any atom is -0.502 e. The Morgan fingerprint density at radius 2 is 1.81 bits per heavy atom. The van der Waals surface area contributed by atoms with Crippen molar-refractivity contribution in [1.82, 2.24) is 4.57 Å². The Labute approximate surface area is 122 Å². The Morgan fingerprint density at radius 3 is 2.52 bits per heavy atom. The van der Waals surface area contributed by atoms with Crippen molar-refractivity contribution in [2.45, 2.75) is 19.9 Å². The number of fused-ring (bicyclic) bond motifs is 1. The van der Waals surface area contributed by atoms with E-state index in [1.54, 1.807) is 21.5 Å². The molecule has 1 aromatic carbocycles. The molecule has 0 saturated heterocycles. The van der Waals surface area contributed by atoms with Gasteiger partial charge in [0.1, 0.15) is 0 Å². The van der Waals surface area contributed by atoms with Gasteiger partial charge in [0.25, 0.3) is 0 Å². The van der Waals surface area contributed by atoms with Gasteiger partial charge in [-0.25, -0.2) is 0 Å². The summed E-state index contributed by atoms with van der Waals surface area (Å²) in [7, 11) is 0. The predicted octanol–water partition coefficient (Wildman–Crippen LogP) is 2.39. The molecular formula is C17H17N2O2+. The first-order valence-corrected chi connectivity index (χ1v) is 7.05. The van der Waals surface area contributed by atoms with Gasteiger partial charge in [-0.3, -0.25) is 4.79 Å².